The van der Waals surface area contributed by atoms with Crippen molar-refractivity contribution >= 4 is 23.2 Å². The van der Waals surface area contributed by atoms with Gasteiger partial charge < -0.3 is 5.73 Å². The minimum Gasteiger partial charge on any atom is -0.316 e. The molecule has 0 aliphatic carbocycles. The summed E-state index contributed by atoms with van der Waals surface area (Å²) in [5, 5.41) is 0.280. The van der Waals surface area contributed by atoms with Crippen LogP contribution in [0.4, 0.5) is 8.78 Å². The number of halogens is 4. The summed E-state index contributed by atoms with van der Waals surface area (Å²) in [6, 6.07) is 2.63. The Bertz CT molecular complexity index is 322. The first-order chi connectivity index (χ1) is 6.34. The molecule has 0 spiro atoms. The first kappa shape index (κ1) is 11.6. The lowest BCUT2D eigenvalue weighted by atomic mass is 9.99. The van der Waals surface area contributed by atoms with Gasteiger partial charge in [-0.05, 0) is 19.1 Å². The van der Waals surface area contributed by atoms with Gasteiger partial charge in [-0.1, -0.05) is 23.2 Å². The second-order valence-electron chi connectivity index (χ2n) is 3.08. The van der Waals surface area contributed by atoms with Gasteiger partial charge in [0, 0.05) is 5.02 Å². The number of alkyl halides is 2. The van der Waals surface area contributed by atoms with Gasteiger partial charge in [-0.2, -0.15) is 0 Å². The Morgan fingerprint density at radius 2 is 2.00 bits per heavy atom. The van der Waals surface area contributed by atoms with E-state index in [4.69, 9.17) is 28.9 Å². The Kier molecular flexibility index (Phi) is 3.29. The Balaban J connectivity index is 3.18. The summed E-state index contributed by atoms with van der Waals surface area (Å²) in [6.45, 7) is 1.17. The van der Waals surface area contributed by atoms with E-state index in [1.165, 1.54) is 19.1 Å². The number of rotatable bonds is 2. The van der Waals surface area contributed by atoms with Crippen LogP contribution in [0.25, 0.3) is 0 Å². The zero-order valence-electron chi connectivity index (χ0n) is 7.27. The fourth-order valence-electron chi connectivity index (χ4n) is 0.853. The predicted octanol–water partition coefficient (Wildman–Crippen LogP) is 2.83. The first-order valence-electron chi connectivity index (χ1n) is 3.74. The lowest BCUT2D eigenvalue weighted by molar-refractivity contribution is 0.0602. The molecule has 1 heterocycles. The van der Waals surface area contributed by atoms with Crippen molar-refractivity contribution in [2.24, 2.45) is 5.73 Å². The van der Waals surface area contributed by atoms with Gasteiger partial charge in [0.1, 0.15) is 10.7 Å². The monoisotopic (exact) mass is 240 g/mol. The van der Waals surface area contributed by atoms with Crippen LogP contribution in [-0.2, 0) is 5.54 Å². The summed E-state index contributed by atoms with van der Waals surface area (Å²) < 4.78 is 25.0. The molecule has 1 unspecified atom stereocenters. The Labute approximate surface area is 90.0 Å². The topological polar surface area (TPSA) is 38.9 Å². The van der Waals surface area contributed by atoms with Gasteiger partial charge in [0.05, 0.1) is 5.69 Å². The van der Waals surface area contributed by atoms with E-state index in [0.717, 1.165) is 0 Å². The highest BCUT2D eigenvalue weighted by atomic mass is 35.5. The summed E-state index contributed by atoms with van der Waals surface area (Å²) >= 11 is 11.2. The van der Waals surface area contributed by atoms with Gasteiger partial charge in [-0.15, -0.1) is 0 Å². The van der Waals surface area contributed by atoms with Gasteiger partial charge in [-0.25, -0.2) is 13.8 Å². The Morgan fingerprint density at radius 3 is 2.43 bits per heavy atom. The predicted molar refractivity (Wildman–Crippen MR) is 51.8 cm³/mol. The standard InChI is InChI=1S/C8H8Cl2F2N2/c1-8(13,7(11)12)5-2-4(9)3-6(10)14-5/h2-3,7H,13H2,1H3. The third-order valence-electron chi connectivity index (χ3n) is 1.76. The number of aromatic nitrogens is 1. The average Bonchev–Trinajstić information content (AvgIpc) is 2.01. The molecule has 1 rings (SSSR count). The van der Waals surface area contributed by atoms with Crippen molar-refractivity contribution in [3.05, 3.63) is 28.0 Å². The SMILES string of the molecule is CC(N)(c1cc(Cl)cc(Cl)n1)C(F)F. The zero-order chi connectivity index (χ0) is 10.9. The van der Waals surface area contributed by atoms with Gasteiger partial charge in [0.2, 0.25) is 0 Å². The second kappa shape index (κ2) is 3.96. The molecule has 6 heteroatoms. The van der Waals surface area contributed by atoms with E-state index in [1.54, 1.807) is 0 Å². The van der Waals surface area contributed by atoms with Crippen LogP contribution in [0, 0.1) is 0 Å². The maximum Gasteiger partial charge on any atom is 0.261 e. The maximum atomic E-state index is 12.5. The summed E-state index contributed by atoms with van der Waals surface area (Å²) in [4.78, 5) is 3.70. The molecule has 0 amide bonds. The molecule has 1 atom stereocenters. The van der Waals surface area contributed by atoms with Crippen molar-refractivity contribution in [3.63, 3.8) is 0 Å². The number of hydrogen-bond acceptors (Lipinski definition) is 2. The van der Waals surface area contributed by atoms with E-state index in [9.17, 15) is 8.78 Å². The van der Waals surface area contributed by atoms with Gasteiger partial charge in [0.15, 0.2) is 0 Å². The molecule has 0 saturated carbocycles. The van der Waals surface area contributed by atoms with Crippen molar-refractivity contribution in [3.8, 4) is 0 Å². The minimum absolute atomic E-state index is 0.0231. The molecule has 0 radical (unpaired) electrons. The Hall–Kier alpha value is -0.450. The average molecular weight is 241 g/mol. The van der Waals surface area contributed by atoms with Crippen molar-refractivity contribution in [2.45, 2.75) is 18.9 Å². The highest BCUT2D eigenvalue weighted by molar-refractivity contribution is 6.33. The molecule has 14 heavy (non-hydrogen) atoms. The molecule has 2 nitrogen and oxygen atoms in total. The third-order valence-corrected chi connectivity index (χ3v) is 2.18. The number of nitrogens with two attached hydrogens (primary N) is 1. The lowest BCUT2D eigenvalue weighted by Gasteiger charge is -2.22. The highest BCUT2D eigenvalue weighted by Gasteiger charge is 2.34. The molecule has 1 aromatic heterocycles. The molecule has 0 aliphatic rings. The van der Waals surface area contributed by atoms with E-state index < -0.39 is 12.0 Å². The molecular weight excluding hydrogens is 233 g/mol. The van der Waals surface area contributed by atoms with E-state index in [-0.39, 0.29) is 15.9 Å². The second-order valence-corrected chi connectivity index (χ2v) is 3.90. The van der Waals surface area contributed by atoms with Crippen LogP contribution in [0.15, 0.2) is 12.1 Å². The maximum absolute atomic E-state index is 12.5. The zero-order valence-corrected chi connectivity index (χ0v) is 8.78. The number of nitrogens with zero attached hydrogens (tertiary/aromatic N) is 1. The van der Waals surface area contributed by atoms with Gasteiger partial charge >= 0.3 is 0 Å². The molecule has 0 saturated heterocycles. The smallest absolute Gasteiger partial charge is 0.261 e. The summed E-state index contributed by atoms with van der Waals surface area (Å²) in [7, 11) is 0. The van der Waals surface area contributed by atoms with Crippen LogP contribution >= 0.6 is 23.2 Å². The molecular formula is C8H8Cl2F2N2. The van der Waals surface area contributed by atoms with Gasteiger partial charge in [-0.3, -0.25) is 0 Å². The third kappa shape index (κ3) is 2.32. The molecule has 78 valence electrons. The van der Waals surface area contributed by atoms with E-state index in [2.05, 4.69) is 4.98 Å². The minimum atomic E-state index is -2.73. The molecule has 1 aromatic rings. The molecule has 0 aliphatic heterocycles. The molecule has 0 fully saturated rings. The lowest BCUT2D eigenvalue weighted by Crippen LogP contribution is -2.41. The van der Waals surface area contributed by atoms with Crippen LogP contribution in [0.3, 0.4) is 0 Å². The number of pyridine rings is 1. The fraction of sp³-hybridized carbons (Fsp3) is 0.375. The van der Waals surface area contributed by atoms with Crippen LogP contribution in [-0.4, -0.2) is 11.4 Å². The summed E-state index contributed by atoms with van der Waals surface area (Å²) in [5.41, 5.74) is 3.53. The first-order valence-corrected chi connectivity index (χ1v) is 4.50. The van der Waals surface area contributed by atoms with Crippen LogP contribution in [0.5, 0.6) is 0 Å². The van der Waals surface area contributed by atoms with Crippen molar-refractivity contribution < 1.29 is 8.78 Å². The van der Waals surface area contributed by atoms with Gasteiger partial charge in [0.25, 0.3) is 6.43 Å². The highest BCUT2D eigenvalue weighted by Crippen LogP contribution is 2.27. The van der Waals surface area contributed by atoms with E-state index in [0.29, 0.717) is 0 Å². The molecule has 0 bridgehead atoms. The van der Waals surface area contributed by atoms with E-state index in [1.807, 2.05) is 0 Å². The summed E-state index contributed by atoms with van der Waals surface area (Å²) in [5.74, 6) is 0. The largest absolute Gasteiger partial charge is 0.316 e. The number of hydrogen-bond donors (Lipinski definition) is 1. The fourth-order valence-corrected chi connectivity index (χ4v) is 1.32. The molecule has 0 aromatic carbocycles. The van der Waals surface area contributed by atoms with Crippen molar-refractivity contribution in [2.75, 3.05) is 0 Å². The van der Waals surface area contributed by atoms with Crippen molar-refractivity contribution in [1.29, 1.82) is 0 Å². The normalized spacial score (nSPS) is 15.6. The van der Waals surface area contributed by atoms with Crippen LogP contribution in [0.2, 0.25) is 10.2 Å². The van der Waals surface area contributed by atoms with Crippen molar-refractivity contribution in [1.82, 2.24) is 4.98 Å². The Morgan fingerprint density at radius 1 is 1.43 bits per heavy atom. The molecule has 2 N–H and O–H groups in total. The van der Waals surface area contributed by atoms with E-state index >= 15 is 0 Å². The summed E-state index contributed by atoms with van der Waals surface area (Å²) in [6.07, 6.45) is -2.73. The quantitative estimate of drug-likeness (QED) is 0.808. The van der Waals surface area contributed by atoms with Crippen LogP contribution in [0.1, 0.15) is 12.6 Å². The van der Waals surface area contributed by atoms with Crippen LogP contribution < -0.4 is 5.73 Å².